The van der Waals surface area contributed by atoms with E-state index >= 15 is 0 Å². The van der Waals surface area contributed by atoms with Gasteiger partial charge >= 0.3 is 0 Å². The van der Waals surface area contributed by atoms with Crippen molar-refractivity contribution in [2.24, 2.45) is 5.73 Å². The van der Waals surface area contributed by atoms with Crippen molar-refractivity contribution in [1.29, 1.82) is 0 Å². The van der Waals surface area contributed by atoms with Crippen LogP contribution in [0, 0.1) is 5.82 Å². The molecular formula is C18H27FN2O. The number of benzene rings is 1. The summed E-state index contributed by atoms with van der Waals surface area (Å²) in [5.41, 5.74) is 7.00. The van der Waals surface area contributed by atoms with E-state index in [0.29, 0.717) is 18.6 Å². The fraction of sp³-hybridized carbons (Fsp3) is 0.667. The maximum absolute atomic E-state index is 13.9. The normalized spacial score (nSPS) is 32.8. The van der Waals surface area contributed by atoms with Gasteiger partial charge in [-0.3, -0.25) is 0 Å². The van der Waals surface area contributed by atoms with Crippen molar-refractivity contribution in [3.05, 3.63) is 35.6 Å². The molecule has 1 aromatic carbocycles. The largest absolute Gasteiger partial charge is 0.377 e. The minimum atomic E-state index is -0.0655. The van der Waals surface area contributed by atoms with Gasteiger partial charge in [-0.1, -0.05) is 18.2 Å². The molecule has 22 heavy (non-hydrogen) atoms. The summed E-state index contributed by atoms with van der Waals surface area (Å²) in [5, 5.41) is 3.45. The van der Waals surface area contributed by atoms with E-state index in [-0.39, 0.29) is 17.9 Å². The summed E-state index contributed by atoms with van der Waals surface area (Å²) >= 11 is 0. The van der Waals surface area contributed by atoms with Gasteiger partial charge in [0, 0.05) is 12.1 Å². The molecule has 1 aliphatic carbocycles. The summed E-state index contributed by atoms with van der Waals surface area (Å²) in [5.74, 6) is 0.278. The number of nitrogens with two attached hydrogens (primary N) is 1. The zero-order chi connectivity index (χ0) is 15.4. The van der Waals surface area contributed by atoms with Crippen molar-refractivity contribution in [2.45, 2.75) is 62.6 Å². The van der Waals surface area contributed by atoms with E-state index in [2.05, 4.69) is 5.32 Å². The fourth-order valence-electron chi connectivity index (χ4n) is 3.75. The Labute approximate surface area is 132 Å². The molecule has 4 heteroatoms. The van der Waals surface area contributed by atoms with E-state index < -0.39 is 0 Å². The van der Waals surface area contributed by atoms with Crippen LogP contribution in [0.4, 0.5) is 4.39 Å². The lowest BCUT2D eigenvalue weighted by Crippen LogP contribution is -2.52. The smallest absolute Gasteiger partial charge is 0.126 e. The molecule has 2 aliphatic rings. The van der Waals surface area contributed by atoms with Gasteiger partial charge in [0.15, 0.2) is 0 Å². The van der Waals surface area contributed by atoms with Crippen molar-refractivity contribution in [1.82, 2.24) is 5.32 Å². The quantitative estimate of drug-likeness (QED) is 0.899. The molecule has 2 atom stereocenters. The van der Waals surface area contributed by atoms with Crippen LogP contribution in [0.3, 0.4) is 0 Å². The number of rotatable bonds is 4. The van der Waals surface area contributed by atoms with Crippen molar-refractivity contribution in [3.8, 4) is 0 Å². The molecule has 1 heterocycles. The fourth-order valence-corrected chi connectivity index (χ4v) is 3.75. The lowest BCUT2D eigenvalue weighted by Gasteiger charge is -2.33. The first-order valence-corrected chi connectivity index (χ1v) is 8.59. The van der Waals surface area contributed by atoms with Crippen LogP contribution in [0.25, 0.3) is 0 Å². The Kier molecular flexibility index (Phi) is 5.45. The summed E-state index contributed by atoms with van der Waals surface area (Å²) in [6, 6.07) is 7.67. The van der Waals surface area contributed by atoms with Crippen LogP contribution in [0.2, 0.25) is 0 Å². The highest BCUT2D eigenvalue weighted by Gasteiger charge is 2.27. The van der Waals surface area contributed by atoms with Gasteiger partial charge in [-0.2, -0.15) is 0 Å². The van der Waals surface area contributed by atoms with Crippen LogP contribution in [0.15, 0.2) is 24.3 Å². The van der Waals surface area contributed by atoms with E-state index in [1.54, 1.807) is 12.1 Å². The number of halogens is 1. The average molecular weight is 306 g/mol. The number of hydrogen-bond donors (Lipinski definition) is 2. The first kappa shape index (κ1) is 15.9. The molecule has 3 rings (SSSR count). The third-order valence-electron chi connectivity index (χ3n) is 5.17. The van der Waals surface area contributed by atoms with Gasteiger partial charge in [-0.25, -0.2) is 4.39 Å². The summed E-state index contributed by atoms with van der Waals surface area (Å²) < 4.78 is 19.9. The molecule has 0 spiro atoms. The summed E-state index contributed by atoms with van der Waals surface area (Å²) in [4.78, 5) is 0. The van der Waals surface area contributed by atoms with Gasteiger partial charge in [0.2, 0.25) is 0 Å². The molecule has 122 valence electrons. The highest BCUT2D eigenvalue weighted by atomic mass is 19.1. The molecule has 0 aromatic heterocycles. The average Bonchev–Trinajstić information content (AvgIpc) is 2.55. The Morgan fingerprint density at radius 3 is 2.64 bits per heavy atom. The van der Waals surface area contributed by atoms with Crippen molar-refractivity contribution in [2.75, 3.05) is 13.2 Å². The number of ether oxygens (including phenoxy) is 1. The van der Waals surface area contributed by atoms with Crippen molar-refractivity contribution in [3.63, 3.8) is 0 Å². The summed E-state index contributed by atoms with van der Waals surface area (Å²) in [6.45, 7) is 1.75. The molecule has 1 aliphatic heterocycles. The topological polar surface area (TPSA) is 47.3 Å². The zero-order valence-electron chi connectivity index (χ0n) is 13.1. The molecule has 0 amide bonds. The number of piperidine rings is 1. The summed E-state index contributed by atoms with van der Waals surface area (Å²) in [6.07, 6.45) is 6.60. The standard InChI is InChI=1S/C18H27FN2O/c19-16-5-2-1-4-15(16)13-7-9-14(10-8-13)22-12-18-17(20)6-3-11-21-18/h1-2,4-5,13-14,17-18,21H,3,6-12,20H2/t13-,14+,17-,18-/m0/s1. The Hall–Kier alpha value is -0.970. The lowest BCUT2D eigenvalue weighted by atomic mass is 9.82. The minimum absolute atomic E-state index is 0.0655. The maximum atomic E-state index is 13.9. The molecule has 0 unspecified atom stereocenters. The number of nitrogens with one attached hydrogen (secondary N) is 1. The molecule has 1 saturated heterocycles. The van der Waals surface area contributed by atoms with Gasteiger partial charge in [0.05, 0.1) is 12.7 Å². The second kappa shape index (κ2) is 7.53. The van der Waals surface area contributed by atoms with Crippen LogP contribution in [0.1, 0.15) is 50.0 Å². The Morgan fingerprint density at radius 2 is 1.91 bits per heavy atom. The Balaban J connectivity index is 1.45. The highest BCUT2D eigenvalue weighted by molar-refractivity contribution is 5.22. The second-order valence-electron chi connectivity index (χ2n) is 6.70. The van der Waals surface area contributed by atoms with E-state index in [1.165, 1.54) is 0 Å². The Morgan fingerprint density at radius 1 is 1.14 bits per heavy atom. The maximum Gasteiger partial charge on any atom is 0.126 e. The first-order valence-electron chi connectivity index (χ1n) is 8.59. The molecule has 3 N–H and O–H groups in total. The van der Waals surface area contributed by atoms with Gasteiger partial charge in [-0.15, -0.1) is 0 Å². The van der Waals surface area contributed by atoms with E-state index in [1.807, 2.05) is 12.1 Å². The molecule has 1 saturated carbocycles. The van der Waals surface area contributed by atoms with Gasteiger partial charge in [0.25, 0.3) is 0 Å². The summed E-state index contributed by atoms with van der Waals surface area (Å²) in [7, 11) is 0. The Bertz CT molecular complexity index is 474. The third-order valence-corrected chi connectivity index (χ3v) is 5.17. The van der Waals surface area contributed by atoms with Crippen LogP contribution in [0.5, 0.6) is 0 Å². The predicted molar refractivity (Wildman–Crippen MR) is 86.3 cm³/mol. The molecule has 0 bridgehead atoms. The van der Waals surface area contributed by atoms with Crippen LogP contribution >= 0.6 is 0 Å². The van der Waals surface area contributed by atoms with E-state index in [9.17, 15) is 4.39 Å². The zero-order valence-corrected chi connectivity index (χ0v) is 13.1. The predicted octanol–water partition coefficient (Wildman–Crippen LogP) is 2.95. The highest BCUT2D eigenvalue weighted by Crippen LogP contribution is 2.35. The van der Waals surface area contributed by atoms with Crippen LogP contribution in [-0.2, 0) is 4.74 Å². The van der Waals surface area contributed by atoms with E-state index in [0.717, 1.165) is 50.6 Å². The van der Waals surface area contributed by atoms with Crippen LogP contribution in [-0.4, -0.2) is 31.3 Å². The molecular weight excluding hydrogens is 279 g/mol. The van der Waals surface area contributed by atoms with Gasteiger partial charge in [0.1, 0.15) is 5.82 Å². The molecule has 2 fully saturated rings. The minimum Gasteiger partial charge on any atom is -0.377 e. The lowest BCUT2D eigenvalue weighted by molar-refractivity contribution is 0.00603. The van der Waals surface area contributed by atoms with E-state index in [4.69, 9.17) is 10.5 Å². The monoisotopic (exact) mass is 306 g/mol. The molecule has 3 nitrogen and oxygen atoms in total. The SMILES string of the molecule is N[C@H]1CCCN[C@H]1CO[C@H]1CC[C@@H](c2ccccc2F)CC1. The van der Waals surface area contributed by atoms with Crippen LogP contribution < -0.4 is 11.1 Å². The van der Waals surface area contributed by atoms with Gasteiger partial charge in [-0.05, 0) is 62.6 Å². The van der Waals surface area contributed by atoms with Gasteiger partial charge < -0.3 is 15.8 Å². The third kappa shape index (κ3) is 3.86. The number of hydrogen-bond acceptors (Lipinski definition) is 3. The molecule has 0 radical (unpaired) electrons. The van der Waals surface area contributed by atoms with Crippen molar-refractivity contribution < 1.29 is 9.13 Å². The second-order valence-corrected chi connectivity index (χ2v) is 6.70. The molecule has 1 aromatic rings. The first-order chi connectivity index (χ1) is 10.7. The van der Waals surface area contributed by atoms with Crippen molar-refractivity contribution >= 4 is 0 Å².